The number of nitro groups is 1. The second kappa shape index (κ2) is 8.40. The van der Waals surface area contributed by atoms with Crippen LogP contribution < -0.4 is 14.2 Å². The molecule has 0 fully saturated rings. The van der Waals surface area contributed by atoms with Gasteiger partial charge in [0.2, 0.25) is 5.78 Å². The van der Waals surface area contributed by atoms with Crippen molar-refractivity contribution in [2.24, 2.45) is 0 Å². The Balaban J connectivity index is 1.39. The molecule has 0 atom stereocenters. The van der Waals surface area contributed by atoms with Gasteiger partial charge in [-0.1, -0.05) is 24.3 Å². The van der Waals surface area contributed by atoms with Gasteiger partial charge in [-0.25, -0.2) is 0 Å². The van der Waals surface area contributed by atoms with Gasteiger partial charge in [-0.2, -0.15) is 0 Å². The third-order valence-corrected chi connectivity index (χ3v) is 5.63. The zero-order valence-electron chi connectivity index (χ0n) is 17.8. The fourth-order valence-electron chi connectivity index (χ4n) is 3.97. The average molecular weight is 444 g/mol. The number of hydrogen-bond donors (Lipinski definition) is 0. The van der Waals surface area contributed by atoms with Gasteiger partial charge in [-0.15, -0.1) is 0 Å². The van der Waals surface area contributed by atoms with E-state index in [2.05, 4.69) is 4.90 Å². The number of carbonyl (C=O) groups excluding carboxylic acids is 1. The number of non-ortho nitro benzene ring substituents is 1. The summed E-state index contributed by atoms with van der Waals surface area (Å²) >= 11 is 0. The van der Waals surface area contributed by atoms with Gasteiger partial charge in [0.05, 0.1) is 23.2 Å². The lowest BCUT2D eigenvalue weighted by atomic mass is 10.0. The fraction of sp³-hybridized carbons (Fsp3) is 0.160. The van der Waals surface area contributed by atoms with E-state index in [0.29, 0.717) is 42.4 Å². The Labute approximate surface area is 189 Å². The highest BCUT2D eigenvalue weighted by Gasteiger charge is 2.33. The summed E-state index contributed by atoms with van der Waals surface area (Å²) in [5.41, 5.74) is 2.85. The molecule has 33 heavy (non-hydrogen) atoms. The number of ether oxygens (including phenoxy) is 3. The van der Waals surface area contributed by atoms with E-state index in [9.17, 15) is 14.9 Å². The second-order valence-corrected chi connectivity index (χ2v) is 7.82. The van der Waals surface area contributed by atoms with E-state index in [1.807, 2.05) is 24.3 Å². The lowest BCUT2D eigenvalue weighted by molar-refractivity contribution is -0.384. The Hall–Kier alpha value is -4.17. The van der Waals surface area contributed by atoms with E-state index in [1.165, 1.54) is 18.2 Å². The van der Waals surface area contributed by atoms with E-state index in [4.69, 9.17) is 14.2 Å². The number of rotatable bonds is 5. The molecule has 5 rings (SSSR count). The maximum atomic E-state index is 12.9. The molecule has 0 saturated carbocycles. The minimum atomic E-state index is -0.473. The van der Waals surface area contributed by atoms with Gasteiger partial charge >= 0.3 is 0 Å². The Morgan fingerprint density at radius 1 is 1.15 bits per heavy atom. The topological polar surface area (TPSA) is 91.1 Å². The van der Waals surface area contributed by atoms with Crippen molar-refractivity contribution in [3.8, 4) is 17.2 Å². The van der Waals surface area contributed by atoms with Crippen LogP contribution in [0, 0.1) is 10.1 Å². The van der Waals surface area contributed by atoms with E-state index >= 15 is 0 Å². The molecule has 0 spiro atoms. The predicted molar refractivity (Wildman–Crippen MR) is 120 cm³/mol. The van der Waals surface area contributed by atoms with Crippen LogP contribution in [0.2, 0.25) is 0 Å². The molecule has 0 radical (unpaired) electrons. The number of Topliss-reactive ketones (excluding diaryl/α,β-unsaturated/α-hetero) is 1. The first-order valence-corrected chi connectivity index (χ1v) is 10.3. The number of benzene rings is 3. The predicted octanol–water partition coefficient (Wildman–Crippen LogP) is 4.57. The van der Waals surface area contributed by atoms with Crippen LogP contribution in [0.5, 0.6) is 17.2 Å². The second-order valence-electron chi connectivity index (χ2n) is 7.82. The number of methoxy groups -OCH3 is 1. The van der Waals surface area contributed by atoms with E-state index in [-0.39, 0.29) is 17.2 Å². The number of carbonyl (C=O) groups is 1. The van der Waals surface area contributed by atoms with Crippen LogP contribution in [-0.4, -0.2) is 29.4 Å². The van der Waals surface area contributed by atoms with Crippen molar-refractivity contribution in [3.05, 3.63) is 98.8 Å². The van der Waals surface area contributed by atoms with E-state index in [0.717, 1.165) is 16.9 Å². The van der Waals surface area contributed by atoms with Crippen LogP contribution in [0.25, 0.3) is 6.08 Å². The number of nitro benzene ring substituents is 1. The molecule has 8 heteroatoms. The summed E-state index contributed by atoms with van der Waals surface area (Å²) in [6, 6.07) is 17.4. The first-order valence-electron chi connectivity index (χ1n) is 10.3. The third kappa shape index (κ3) is 4.04. The van der Waals surface area contributed by atoms with E-state index < -0.39 is 4.92 Å². The summed E-state index contributed by atoms with van der Waals surface area (Å²) < 4.78 is 17.1. The van der Waals surface area contributed by atoms with E-state index in [1.54, 1.807) is 31.4 Å². The lowest BCUT2D eigenvalue weighted by Crippen LogP contribution is -2.31. The molecule has 0 N–H and O–H groups in total. The van der Waals surface area contributed by atoms with Crippen molar-refractivity contribution in [3.63, 3.8) is 0 Å². The molecule has 3 aromatic carbocycles. The minimum Gasteiger partial charge on any atom is -0.497 e. The van der Waals surface area contributed by atoms with Crippen molar-refractivity contribution in [1.29, 1.82) is 0 Å². The molecular weight excluding hydrogens is 424 g/mol. The van der Waals surface area contributed by atoms with Crippen molar-refractivity contribution in [1.82, 2.24) is 4.90 Å². The van der Waals surface area contributed by atoms with Crippen molar-refractivity contribution in [2.45, 2.75) is 13.1 Å². The maximum Gasteiger partial charge on any atom is 0.270 e. The lowest BCUT2D eigenvalue weighted by Gasteiger charge is -2.29. The van der Waals surface area contributed by atoms with Crippen molar-refractivity contribution < 1.29 is 23.9 Å². The molecule has 166 valence electrons. The molecular formula is C25H20N2O6. The minimum absolute atomic E-state index is 0.0488. The largest absolute Gasteiger partial charge is 0.497 e. The number of ketones is 1. The van der Waals surface area contributed by atoms with Crippen LogP contribution in [0.3, 0.4) is 0 Å². The quantitative estimate of drug-likeness (QED) is 0.323. The Morgan fingerprint density at radius 2 is 1.97 bits per heavy atom. The highest BCUT2D eigenvalue weighted by Crippen LogP contribution is 2.42. The molecule has 0 amide bonds. The van der Waals surface area contributed by atoms with Crippen LogP contribution in [0.1, 0.15) is 27.0 Å². The van der Waals surface area contributed by atoms with Crippen LogP contribution in [0.15, 0.2) is 66.4 Å². The average Bonchev–Trinajstić information content (AvgIpc) is 3.15. The molecule has 3 aromatic rings. The van der Waals surface area contributed by atoms with Gasteiger partial charge in [0.25, 0.3) is 5.69 Å². The first-order chi connectivity index (χ1) is 16.0. The standard InChI is InChI=1S/C25H20N2O6/c1-31-19-7-5-16(6-8-19)13-26-14-21-22(32-15-26)10-9-20-24(28)23(33-25(20)21)12-17-3-2-4-18(11-17)27(29)30/h2-12H,13-15H2,1H3/b23-12-. The molecule has 8 nitrogen and oxygen atoms in total. The van der Waals surface area contributed by atoms with Gasteiger partial charge in [-0.05, 0) is 41.5 Å². The fourth-order valence-corrected chi connectivity index (χ4v) is 3.97. The number of fused-ring (bicyclic) bond motifs is 3. The summed E-state index contributed by atoms with van der Waals surface area (Å²) in [4.78, 5) is 25.6. The van der Waals surface area contributed by atoms with Gasteiger partial charge in [0, 0.05) is 25.2 Å². The molecule has 2 aliphatic heterocycles. The van der Waals surface area contributed by atoms with Gasteiger partial charge < -0.3 is 14.2 Å². The van der Waals surface area contributed by atoms with Crippen molar-refractivity contribution in [2.75, 3.05) is 13.8 Å². The van der Waals surface area contributed by atoms with Gasteiger partial charge in [-0.3, -0.25) is 19.8 Å². The number of hydrogen-bond acceptors (Lipinski definition) is 7. The van der Waals surface area contributed by atoms with Crippen LogP contribution in [0.4, 0.5) is 5.69 Å². The highest BCUT2D eigenvalue weighted by molar-refractivity contribution is 6.15. The summed E-state index contributed by atoms with van der Waals surface area (Å²) in [6.45, 7) is 1.64. The zero-order valence-corrected chi connectivity index (χ0v) is 17.8. The Bertz CT molecular complexity index is 1280. The molecule has 0 unspecified atom stereocenters. The van der Waals surface area contributed by atoms with Gasteiger partial charge in [0.15, 0.2) is 5.76 Å². The number of allylic oxidation sites excluding steroid dienone is 1. The van der Waals surface area contributed by atoms with Crippen LogP contribution >= 0.6 is 0 Å². The van der Waals surface area contributed by atoms with Crippen LogP contribution in [-0.2, 0) is 13.1 Å². The zero-order chi connectivity index (χ0) is 22.9. The molecule has 0 aromatic heterocycles. The molecule has 0 aliphatic carbocycles. The maximum absolute atomic E-state index is 12.9. The monoisotopic (exact) mass is 444 g/mol. The Morgan fingerprint density at radius 3 is 2.73 bits per heavy atom. The number of nitrogens with zero attached hydrogens (tertiary/aromatic N) is 2. The molecule has 0 bridgehead atoms. The summed E-state index contributed by atoms with van der Waals surface area (Å²) in [6.07, 6.45) is 1.53. The third-order valence-electron chi connectivity index (χ3n) is 5.63. The molecule has 2 heterocycles. The summed E-state index contributed by atoms with van der Waals surface area (Å²) in [5, 5.41) is 11.0. The summed E-state index contributed by atoms with van der Waals surface area (Å²) in [7, 11) is 1.63. The smallest absolute Gasteiger partial charge is 0.270 e. The van der Waals surface area contributed by atoms with Crippen molar-refractivity contribution >= 4 is 17.5 Å². The normalized spacial score (nSPS) is 16.0. The summed E-state index contributed by atoms with van der Waals surface area (Å²) in [5.74, 6) is 1.84. The SMILES string of the molecule is COc1ccc(CN2COc3ccc4c(c3C2)O/C(=C\c2cccc([N+](=O)[O-])c2)C4=O)cc1. The Kier molecular flexibility index (Phi) is 5.27. The van der Waals surface area contributed by atoms with Gasteiger partial charge in [0.1, 0.15) is 24.0 Å². The molecule has 2 aliphatic rings. The highest BCUT2D eigenvalue weighted by atomic mass is 16.6. The first kappa shape index (κ1) is 20.7. The molecule has 0 saturated heterocycles.